The van der Waals surface area contributed by atoms with Gasteiger partial charge in [-0.1, -0.05) is 6.07 Å². The first-order valence-corrected chi connectivity index (χ1v) is 6.93. The van der Waals surface area contributed by atoms with E-state index >= 15 is 0 Å². The van der Waals surface area contributed by atoms with Gasteiger partial charge < -0.3 is 10.6 Å². The number of rotatable bonds is 3. The molecule has 1 saturated heterocycles. The summed E-state index contributed by atoms with van der Waals surface area (Å²) in [6, 6.07) is 3.81. The number of nitrogen functional groups attached to an aromatic ring is 1. The Hall–Kier alpha value is -2.23. The van der Waals surface area contributed by atoms with E-state index in [1.165, 1.54) is 12.1 Å². The summed E-state index contributed by atoms with van der Waals surface area (Å²) in [6.07, 6.45) is -0.513. The Morgan fingerprint density at radius 1 is 1.45 bits per heavy atom. The van der Waals surface area contributed by atoms with Crippen LogP contribution in [0.15, 0.2) is 18.2 Å². The van der Waals surface area contributed by atoms with Crippen LogP contribution >= 0.6 is 0 Å². The number of amides is 1. The van der Waals surface area contributed by atoms with E-state index in [0.29, 0.717) is 0 Å². The second-order valence-corrected chi connectivity index (χ2v) is 5.89. The van der Waals surface area contributed by atoms with Crippen molar-refractivity contribution in [2.75, 3.05) is 17.2 Å². The van der Waals surface area contributed by atoms with Crippen molar-refractivity contribution in [2.45, 2.75) is 11.7 Å². The van der Waals surface area contributed by atoms with Gasteiger partial charge in [-0.25, -0.2) is 0 Å². The molecule has 2 N–H and O–H groups in total. The maximum absolute atomic E-state index is 12.9. The van der Waals surface area contributed by atoms with Gasteiger partial charge in [-0.2, -0.15) is 8.42 Å². The van der Waals surface area contributed by atoms with Crippen LogP contribution in [0, 0.1) is 10.1 Å². The number of carbonyl (C=O) groups excluding carboxylic acids is 1. The minimum absolute atomic E-state index is 0.00958. The second kappa shape index (κ2) is 4.71. The number of para-hydroxylation sites is 1. The maximum atomic E-state index is 12.9. The Morgan fingerprint density at radius 2 is 2.10 bits per heavy atom. The maximum Gasteiger partial charge on any atom is 0.307 e. The van der Waals surface area contributed by atoms with E-state index in [9.17, 15) is 27.2 Å². The molecule has 0 saturated carbocycles. The molecular formula is C10H10FN3O5S. The van der Waals surface area contributed by atoms with Crippen molar-refractivity contribution in [1.82, 2.24) is 0 Å². The van der Waals surface area contributed by atoms with E-state index in [0.717, 1.165) is 11.0 Å². The monoisotopic (exact) mass is 303 g/mol. The standard InChI is InChI=1S/C10H10FN3O5S/c11-20(18,19)6-4-9(15)13(5-6)7-2-1-3-8(10(7)12)14(16)17/h1-3,6H,4-5,12H2. The molecule has 2 rings (SSSR count). The molecule has 20 heavy (non-hydrogen) atoms. The average molecular weight is 303 g/mol. The van der Waals surface area contributed by atoms with Gasteiger partial charge in [0.1, 0.15) is 10.9 Å². The average Bonchev–Trinajstić information content (AvgIpc) is 2.71. The lowest BCUT2D eigenvalue weighted by Crippen LogP contribution is -2.27. The molecular weight excluding hydrogens is 293 g/mol. The third kappa shape index (κ3) is 2.41. The first kappa shape index (κ1) is 14.2. The molecule has 0 radical (unpaired) electrons. The highest BCUT2D eigenvalue weighted by Crippen LogP contribution is 2.35. The lowest BCUT2D eigenvalue weighted by atomic mass is 10.2. The number of nitro benzene ring substituents is 1. The summed E-state index contributed by atoms with van der Waals surface area (Å²) in [5.41, 5.74) is 4.95. The number of hydrogen-bond donors (Lipinski definition) is 1. The lowest BCUT2D eigenvalue weighted by Gasteiger charge is -2.17. The molecule has 1 aliphatic rings. The third-order valence-corrected chi connectivity index (χ3v) is 4.15. The molecule has 1 aromatic rings. The SMILES string of the molecule is Nc1c(N2CC(S(=O)(=O)F)CC2=O)cccc1[N+](=O)[O-]. The molecule has 0 spiro atoms. The Labute approximate surface area is 113 Å². The van der Waals surface area contributed by atoms with Gasteiger partial charge >= 0.3 is 10.2 Å². The van der Waals surface area contributed by atoms with Crippen LogP contribution in [0.3, 0.4) is 0 Å². The van der Waals surface area contributed by atoms with Crippen LogP contribution in [0.1, 0.15) is 6.42 Å². The molecule has 1 unspecified atom stereocenters. The highest BCUT2D eigenvalue weighted by molar-refractivity contribution is 7.87. The summed E-state index contributed by atoms with van der Waals surface area (Å²) >= 11 is 0. The van der Waals surface area contributed by atoms with Crippen molar-refractivity contribution in [1.29, 1.82) is 0 Å². The molecule has 1 atom stereocenters. The van der Waals surface area contributed by atoms with E-state index in [1.54, 1.807) is 0 Å². The van der Waals surface area contributed by atoms with E-state index in [2.05, 4.69) is 0 Å². The molecule has 1 fully saturated rings. The van der Waals surface area contributed by atoms with Crippen LogP contribution in [-0.2, 0) is 15.0 Å². The van der Waals surface area contributed by atoms with Crippen molar-refractivity contribution in [3.63, 3.8) is 0 Å². The molecule has 1 aromatic carbocycles. The molecule has 8 nitrogen and oxygen atoms in total. The quantitative estimate of drug-likeness (QED) is 0.377. The zero-order valence-electron chi connectivity index (χ0n) is 10.0. The number of hydrogen-bond acceptors (Lipinski definition) is 6. The summed E-state index contributed by atoms with van der Waals surface area (Å²) in [4.78, 5) is 22.7. The number of nitrogens with two attached hydrogens (primary N) is 1. The van der Waals surface area contributed by atoms with E-state index in [1.807, 2.05) is 0 Å². The van der Waals surface area contributed by atoms with Crippen molar-refractivity contribution < 1.29 is 22.0 Å². The zero-order chi connectivity index (χ0) is 15.1. The van der Waals surface area contributed by atoms with Gasteiger partial charge in [-0.05, 0) is 6.07 Å². The van der Waals surface area contributed by atoms with Gasteiger partial charge in [0.25, 0.3) is 5.69 Å². The van der Waals surface area contributed by atoms with E-state index in [-0.39, 0.29) is 11.4 Å². The molecule has 0 bridgehead atoms. The van der Waals surface area contributed by atoms with Gasteiger partial charge in [0.05, 0.1) is 10.6 Å². The summed E-state index contributed by atoms with van der Waals surface area (Å²) in [5.74, 6) is -0.650. The van der Waals surface area contributed by atoms with E-state index < -0.39 is 45.0 Å². The topological polar surface area (TPSA) is 124 Å². The van der Waals surface area contributed by atoms with Crippen LogP contribution in [0.5, 0.6) is 0 Å². The molecule has 108 valence electrons. The fourth-order valence-electron chi connectivity index (χ4n) is 2.03. The van der Waals surface area contributed by atoms with Crippen molar-refractivity contribution in [3.05, 3.63) is 28.3 Å². The molecule has 10 heteroatoms. The first-order chi connectivity index (χ1) is 9.21. The first-order valence-electron chi connectivity index (χ1n) is 5.48. The van der Waals surface area contributed by atoms with Crippen molar-refractivity contribution in [2.24, 2.45) is 0 Å². The minimum atomic E-state index is -4.85. The van der Waals surface area contributed by atoms with Gasteiger partial charge in [0.15, 0.2) is 0 Å². The molecule has 0 aliphatic carbocycles. The number of halogens is 1. The van der Waals surface area contributed by atoms with Crippen molar-refractivity contribution >= 4 is 33.2 Å². The fraction of sp³-hybridized carbons (Fsp3) is 0.300. The molecule has 1 amide bonds. The summed E-state index contributed by atoms with van der Waals surface area (Å²) in [6.45, 7) is -0.414. The fourth-order valence-corrected chi connectivity index (χ4v) is 2.70. The van der Waals surface area contributed by atoms with E-state index in [4.69, 9.17) is 5.73 Å². The third-order valence-electron chi connectivity index (χ3n) is 3.04. The Morgan fingerprint density at radius 3 is 2.60 bits per heavy atom. The van der Waals surface area contributed by atoms with Gasteiger partial charge in [0, 0.05) is 19.0 Å². The molecule has 1 aliphatic heterocycles. The van der Waals surface area contributed by atoms with Crippen LogP contribution in [0.2, 0.25) is 0 Å². The molecule has 0 aromatic heterocycles. The van der Waals surface area contributed by atoms with Gasteiger partial charge in [-0.15, -0.1) is 3.89 Å². The highest BCUT2D eigenvalue weighted by Gasteiger charge is 2.40. The zero-order valence-corrected chi connectivity index (χ0v) is 10.8. The second-order valence-electron chi connectivity index (χ2n) is 4.27. The Balaban J connectivity index is 2.41. The number of carbonyl (C=O) groups is 1. The highest BCUT2D eigenvalue weighted by atomic mass is 32.3. The minimum Gasteiger partial charge on any atom is -0.391 e. The number of anilines is 2. The van der Waals surface area contributed by atoms with Crippen LogP contribution in [0.4, 0.5) is 20.9 Å². The number of nitro groups is 1. The van der Waals surface area contributed by atoms with Gasteiger partial charge in [0.2, 0.25) is 5.91 Å². The predicted molar refractivity (Wildman–Crippen MR) is 68.3 cm³/mol. The summed E-state index contributed by atoms with van der Waals surface area (Å²) < 4.78 is 34.6. The summed E-state index contributed by atoms with van der Waals surface area (Å²) in [7, 11) is -4.85. The van der Waals surface area contributed by atoms with Gasteiger partial charge in [-0.3, -0.25) is 14.9 Å². The van der Waals surface area contributed by atoms with Crippen LogP contribution < -0.4 is 10.6 Å². The Kier molecular flexibility index (Phi) is 3.34. The van der Waals surface area contributed by atoms with Crippen LogP contribution in [0.25, 0.3) is 0 Å². The smallest absolute Gasteiger partial charge is 0.307 e. The summed E-state index contributed by atoms with van der Waals surface area (Å²) in [5, 5.41) is 9.28. The van der Waals surface area contributed by atoms with Crippen molar-refractivity contribution in [3.8, 4) is 0 Å². The predicted octanol–water partition coefficient (Wildman–Crippen LogP) is 0.582. The number of nitrogens with zero attached hydrogens (tertiary/aromatic N) is 2. The largest absolute Gasteiger partial charge is 0.391 e. The molecule has 1 heterocycles. The normalized spacial score (nSPS) is 19.4. The van der Waals surface area contributed by atoms with Crippen LogP contribution in [-0.4, -0.2) is 31.0 Å². The lowest BCUT2D eigenvalue weighted by molar-refractivity contribution is -0.383. The Bertz CT molecular complexity index is 690. The number of benzene rings is 1.